The molecule has 4 heteroatoms. The van der Waals surface area contributed by atoms with E-state index in [1.54, 1.807) is 0 Å². The number of rotatable bonds is 38. The van der Waals surface area contributed by atoms with Crippen LogP contribution in [0.5, 0.6) is 0 Å². The zero-order valence-electron chi connectivity index (χ0n) is 56.3. The van der Waals surface area contributed by atoms with E-state index in [0.717, 1.165) is 109 Å². The van der Waals surface area contributed by atoms with Gasteiger partial charge < -0.3 is 9.47 Å². The van der Waals surface area contributed by atoms with E-state index in [1.807, 2.05) is 0 Å². The summed E-state index contributed by atoms with van der Waals surface area (Å²) in [5, 5.41) is 0. The Morgan fingerprint density at radius 1 is 0.324 bits per heavy atom. The van der Waals surface area contributed by atoms with E-state index >= 15 is 0 Å². The van der Waals surface area contributed by atoms with Crippen molar-refractivity contribution in [2.75, 3.05) is 0 Å². The molecule has 4 nitrogen and oxygen atoms in total. The lowest BCUT2D eigenvalue weighted by atomic mass is 9.69. The Balaban J connectivity index is 5.30. The first-order valence-corrected chi connectivity index (χ1v) is 31.2. The van der Waals surface area contributed by atoms with Gasteiger partial charge in [0.15, 0.2) is 0 Å². The van der Waals surface area contributed by atoms with Crippen molar-refractivity contribution < 1.29 is 19.1 Å². The number of carbonyl (C=O) groups is 2. The molecule has 0 aliphatic carbocycles. The highest BCUT2D eigenvalue weighted by atomic mass is 16.5. The van der Waals surface area contributed by atoms with Crippen LogP contribution in [0.2, 0.25) is 0 Å². The van der Waals surface area contributed by atoms with Crippen LogP contribution < -0.4 is 0 Å². The average Bonchev–Trinajstić information content (AvgIpc) is 3.13. The SMILES string of the molecule is CCC(C)(C)CC(C)(C)CC(CCC(C)(C)CC(C)(C)C)OC(=O)CCCC(C)(C)CC(C)(C)CCC(C)CCCC(C)(C)CC(C)(C)CCC(=O)OC(CCC(C)(C)CC(C)(C)C)CC(C)(C)CC(C)(C)CC. The van der Waals surface area contributed by atoms with Crippen LogP contribution in [-0.2, 0) is 19.1 Å². The molecule has 0 radical (unpaired) electrons. The first-order chi connectivity index (χ1) is 32.8. The van der Waals surface area contributed by atoms with Crippen LogP contribution in [0.15, 0.2) is 0 Å². The van der Waals surface area contributed by atoms with Gasteiger partial charge in [-0.15, -0.1) is 0 Å². The largest absolute Gasteiger partial charge is 0.462 e. The Kier molecular flexibility index (Phi) is 28.5. The highest BCUT2D eigenvalue weighted by molar-refractivity contribution is 5.70. The molecule has 0 saturated heterocycles. The normalized spacial score (nSPS) is 15.8. The van der Waals surface area contributed by atoms with E-state index < -0.39 is 0 Å². The van der Waals surface area contributed by atoms with Gasteiger partial charge in [0.05, 0.1) is 0 Å². The Morgan fingerprint density at radius 2 is 0.622 bits per heavy atom. The minimum atomic E-state index is -0.0399. The lowest BCUT2D eigenvalue weighted by Crippen LogP contribution is -2.31. The highest BCUT2D eigenvalue weighted by Crippen LogP contribution is 2.46. The first kappa shape index (κ1) is 72.9. The summed E-state index contributed by atoms with van der Waals surface area (Å²) in [6, 6.07) is 0. The minimum absolute atomic E-state index is 0.00263. The Bertz CT molecular complexity index is 1600. The van der Waals surface area contributed by atoms with Crippen molar-refractivity contribution in [3.05, 3.63) is 0 Å². The Hall–Kier alpha value is -1.06. The van der Waals surface area contributed by atoms with Gasteiger partial charge in [0, 0.05) is 12.8 Å². The van der Waals surface area contributed by atoms with E-state index in [9.17, 15) is 9.59 Å². The summed E-state index contributed by atoms with van der Waals surface area (Å²) in [6.07, 6.45) is 25.0. The lowest BCUT2D eigenvalue weighted by molar-refractivity contribution is -0.153. The fourth-order valence-electron chi connectivity index (χ4n) is 15.1. The number of ether oxygens (including phenoxy) is 2. The van der Waals surface area contributed by atoms with Crippen LogP contribution in [0.25, 0.3) is 0 Å². The fraction of sp³-hybridized carbons (Fsp3) is 0.971. The smallest absolute Gasteiger partial charge is 0.306 e. The van der Waals surface area contributed by atoms with Crippen molar-refractivity contribution in [2.45, 2.75) is 367 Å². The van der Waals surface area contributed by atoms with Crippen molar-refractivity contribution in [3.63, 3.8) is 0 Å². The van der Waals surface area contributed by atoms with Crippen molar-refractivity contribution in [1.29, 1.82) is 0 Å². The van der Waals surface area contributed by atoms with Crippen molar-refractivity contribution >= 4 is 11.9 Å². The predicted octanol–water partition coefficient (Wildman–Crippen LogP) is 23.2. The standard InChI is InChI=1S/C70H138O4/c1-30-61(10,11)50-69(26,27)46-55(37-43-65(18,19)48-59(4,5)6)73-57(71)35-33-41-64(16,17)52-67(22,23)42-36-54(3)34-32-40-63(14,15)53-68(24,25)45-39-58(72)74-56(38-44-66(20,21)49-60(7,8)9)47-70(28,29)51-62(12,13)31-2/h54-56H,30-53H2,1-29H3. The zero-order valence-corrected chi connectivity index (χ0v) is 56.3. The summed E-state index contributed by atoms with van der Waals surface area (Å²) >= 11 is 0. The summed E-state index contributed by atoms with van der Waals surface area (Å²) in [5.74, 6) is 0.686. The number of esters is 2. The zero-order chi connectivity index (χ0) is 58.3. The maximum Gasteiger partial charge on any atom is 0.306 e. The predicted molar refractivity (Wildman–Crippen MR) is 328 cm³/mol. The molecule has 0 heterocycles. The van der Waals surface area contributed by atoms with Gasteiger partial charge in [0.2, 0.25) is 0 Å². The average molecular weight is 1040 g/mol. The van der Waals surface area contributed by atoms with Gasteiger partial charge in [-0.05, 0) is 180 Å². The van der Waals surface area contributed by atoms with Crippen LogP contribution in [0.1, 0.15) is 355 Å². The molecule has 0 aromatic heterocycles. The van der Waals surface area contributed by atoms with Crippen LogP contribution >= 0.6 is 0 Å². The molecule has 3 unspecified atom stereocenters. The van der Waals surface area contributed by atoms with Gasteiger partial charge in [0.25, 0.3) is 0 Å². The third-order valence-corrected chi connectivity index (χ3v) is 17.3. The monoisotopic (exact) mass is 1040 g/mol. The maximum atomic E-state index is 13.7. The topological polar surface area (TPSA) is 52.6 Å². The van der Waals surface area contributed by atoms with Gasteiger partial charge >= 0.3 is 11.9 Å². The number of carbonyl (C=O) groups excluding carboxylic acids is 2. The minimum Gasteiger partial charge on any atom is -0.462 e. The third kappa shape index (κ3) is 36.9. The van der Waals surface area contributed by atoms with Crippen LogP contribution in [0.4, 0.5) is 0 Å². The van der Waals surface area contributed by atoms with E-state index in [0.29, 0.717) is 18.8 Å². The van der Waals surface area contributed by atoms with E-state index in [2.05, 4.69) is 201 Å². The van der Waals surface area contributed by atoms with Gasteiger partial charge in [-0.3, -0.25) is 9.59 Å². The third-order valence-electron chi connectivity index (χ3n) is 17.3. The Labute approximate surface area is 466 Å². The molecule has 442 valence electrons. The molecular formula is C70H138O4. The molecule has 0 bridgehead atoms. The van der Waals surface area contributed by atoms with E-state index in [4.69, 9.17) is 9.47 Å². The molecule has 0 aliphatic rings. The van der Waals surface area contributed by atoms with Gasteiger partial charge in [0.1, 0.15) is 12.2 Å². The highest BCUT2D eigenvalue weighted by Gasteiger charge is 2.37. The van der Waals surface area contributed by atoms with Gasteiger partial charge in [-0.25, -0.2) is 0 Å². The van der Waals surface area contributed by atoms with Crippen LogP contribution in [0, 0.1) is 70.9 Å². The quantitative estimate of drug-likeness (QED) is 0.0578. The summed E-state index contributed by atoms with van der Waals surface area (Å²) in [5.41, 5.74) is 2.40. The molecule has 0 amide bonds. The summed E-state index contributed by atoms with van der Waals surface area (Å²) in [7, 11) is 0. The molecule has 0 fully saturated rings. The molecule has 0 aliphatic heterocycles. The molecule has 0 aromatic rings. The summed E-state index contributed by atoms with van der Waals surface area (Å²) in [4.78, 5) is 27.3. The van der Waals surface area contributed by atoms with Gasteiger partial charge in [-0.2, -0.15) is 0 Å². The summed E-state index contributed by atoms with van der Waals surface area (Å²) in [6.45, 7) is 69.1. The fourth-order valence-corrected chi connectivity index (χ4v) is 15.1. The second-order valence-electron chi connectivity index (χ2n) is 36.1. The molecule has 0 aromatic carbocycles. The number of hydrogen-bond acceptors (Lipinski definition) is 4. The molecule has 3 atom stereocenters. The maximum absolute atomic E-state index is 13.7. The molecule has 74 heavy (non-hydrogen) atoms. The van der Waals surface area contributed by atoms with Crippen molar-refractivity contribution in [1.82, 2.24) is 0 Å². The first-order valence-electron chi connectivity index (χ1n) is 31.2. The molecule has 0 saturated carbocycles. The summed E-state index contributed by atoms with van der Waals surface area (Å²) < 4.78 is 12.9. The molecule has 0 spiro atoms. The molecule has 0 rings (SSSR count). The van der Waals surface area contributed by atoms with E-state index in [1.165, 1.54) is 32.1 Å². The van der Waals surface area contributed by atoms with E-state index in [-0.39, 0.29) is 89.1 Å². The molecular weight excluding hydrogens is 905 g/mol. The van der Waals surface area contributed by atoms with Gasteiger partial charge in [-0.1, -0.05) is 233 Å². The molecule has 0 N–H and O–H groups in total. The lowest BCUT2D eigenvalue weighted by Gasteiger charge is -2.38. The number of hydrogen-bond donors (Lipinski definition) is 0. The second-order valence-corrected chi connectivity index (χ2v) is 36.1. The second kappa shape index (κ2) is 28.9. The van der Waals surface area contributed by atoms with Crippen LogP contribution in [-0.4, -0.2) is 24.1 Å². The van der Waals surface area contributed by atoms with Crippen molar-refractivity contribution in [3.8, 4) is 0 Å². The van der Waals surface area contributed by atoms with Crippen LogP contribution in [0.3, 0.4) is 0 Å². The Morgan fingerprint density at radius 3 is 0.986 bits per heavy atom. The van der Waals surface area contributed by atoms with Crippen molar-refractivity contribution in [2.24, 2.45) is 70.9 Å².